The highest BCUT2D eigenvalue weighted by Gasteiger charge is 2.42. The van der Waals surface area contributed by atoms with Gasteiger partial charge in [0.05, 0.1) is 13.2 Å². The zero-order valence-corrected chi connectivity index (χ0v) is 29.3. The van der Waals surface area contributed by atoms with E-state index in [1.54, 1.807) is 7.11 Å². The third-order valence-corrected chi connectivity index (χ3v) is 17.1. The van der Waals surface area contributed by atoms with Crippen LogP contribution in [-0.4, -0.2) is 23.7 Å². The standard InChI is InChI=1S/C34H56O3Si2/c1-16-18-19-21-27(4)22-28-24-32(37-39(14,15)34(8,9)10)29(25-30(28)35-11)31(23-26(3)20-17-2)36-38(12,13)33(5,6)7/h1,17,21,23-25,31H,2,18-20,22H2,3-15H3/b26-23+,27-21-. The molecular formula is C34H56O3Si2. The maximum Gasteiger partial charge on any atom is 0.250 e. The van der Waals surface area contributed by atoms with Crippen LogP contribution in [-0.2, 0) is 10.8 Å². The molecule has 0 amide bonds. The summed E-state index contributed by atoms with van der Waals surface area (Å²) in [6.45, 7) is 31.1. The van der Waals surface area contributed by atoms with Gasteiger partial charge in [0.2, 0.25) is 8.32 Å². The summed E-state index contributed by atoms with van der Waals surface area (Å²) in [7, 11) is -2.53. The Morgan fingerprint density at radius 2 is 1.56 bits per heavy atom. The average molecular weight is 569 g/mol. The lowest BCUT2D eigenvalue weighted by Crippen LogP contribution is -2.44. The fourth-order valence-electron chi connectivity index (χ4n) is 3.69. The molecule has 0 heterocycles. The molecule has 0 bridgehead atoms. The Labute approximate surface area is 243 Å². The van der Waals surface area contributed by atoms with Crippen LogP contribution in [0.3, 0.4) is 0 Å². The molecule has 5 heteroatoms. The van der Waals surface area contributed by atoms with Crippen molar-refractivity contribution in [3.63, 3.8) is 0 Å². The lowest BCUT2D eigenvalue weighted by molar-refractivity contribution is 0.225. The largest absolute Gasteiger partial charge is 0.543 e. The van der Waals surface area contributed by atoms with Gasteiger partial charge in [0, 0.05) is 17.5 Å². The first-order chi connectivity index (χ1) is 17.8. The van der Waals surface area contributed by atoms with E-state index in [1.807, 2.05) is 6.08 Å². The highest BCUT2D eigenvalue weighted by molar-refractivity contribution is 6.75. The molecule has 0 fully saturated rings. The van der Waals surface area contributed by atoms with Crippen LogP contribution in [0.1, 0.15) is 91.9 Å². The number of allylic oxidation sites excluding steroid dienone is 4. The Kier molecular flexibility index (Phi) is 12.6. The first kappa shape index (κ1) is 35.0. The van der Waals surface area contributed by atoms with Crippen LogP contribution < -0.4 is 9.16 Å². The number of unbranched alkanes of at least 4 members (excludes halogenated alkanes) is 1. The van der Waals surface area contributed by atoms with E-state index < -0.39 is 16.6 Å². The van der Waals surface area contributed by atoms with Gasteiger partial charge in [0.15, 0.2) is 8.32 Å². The minimum atomic E-state index is -2.15. The van der Waals surface area contributed by atoms with Crippen LogP contribution in [0.4, 0.5) is 0 Å². The molecule has 3 nitrogen and oxygen atoms in total. The Morgan fingerprint density at radius 3 is 2.05 bits per heavy atom. The van der Waals surface area contributed by atoms with Gasteiger partial charge in [-0.3, -0.25) is 0 Å². The van der Waals surface area contributed by atoms with Crippen molar-refractivity contribution < 1.29 is 13.6 Å². The molecule has 0 aromatic heterocycles. The highest BCUT2D eigenvalue weighted by Crippen LogP contribution is 2.46. The number of ether oxygens (including phenoxy) is 1. The summed E-state index contributed by atoms with van der Waals surface area (Å²) in [5.74, 6) is 4.49. The molecule has 0 saturated heterocycles. The smallest absolute Gasteiger partial charge is 0.250 e. The molecule has 1 atom stereocenters. The number of rotatable bonds is 13. The van der Waals surface area contributed by atoms with Crippen molar-refractivity contribution in [2.24, 2.45) is 0 Å². The topological polar surface area (TPSA) is 27.7 Å². The number of benzene rings is 1. The highest BCUT2D eigenvalue weighted by atomic mass is 28.4. The van der Waals surface area contributed by atoms with E-state index in [9.17, 15) is 0 Å². The quantitative estimate of drug-likeness (QED) is 0.102. The van der Waals surface area contributed by atoms with Gasteiger partial charge < -0.3 is 13.6 Å². The maximum atomic E-state index is 7.11. The van der Waals surface area contributed by atoms with Crippen LogP contribution in [0.5, 0.6) is 11.5 Å². The third kappa shape index (κ3) is 10.2. The SMILES string of the molecule is C#CCC/C=C(/C)Cc1cc(O[Si](C)(C)C(C)(C)C)c(C(/C=C(\C)CC=C)O[Si](C)(C)C(C)(C)C)cc1OC. The van der Waals surface area contributed by atoms with E-state index in [2.05, 4.69) is 118 Å². The first-order valence-corrected chi connectivity index (χ1v) is 20.1. The Hall–Kier alpha value is -2.01. The average Bonchev–Trinajstić information content (AvgIpc) is 2.77. The predicted octanol–water partition coefficient (Wildman–Crippen LogP) is 10.6. The lowest BCUT2D eigenvalue weighted by Gasteiger charge is -2.41. The van der Waals surface area contributed by atoms with Crippen molar-refractivity contribution in [2.45, 2.75) is 123 Å². The number of hydrogen-bond donors (Lipinski definition) is 0. The van der Waals surface area contributed by atoms with Gasteiger partial charge in [-0.1, -0.05) is 70.9 Å². The lowest BCUT2D eigenvalue weighted by atomic mass is 9.98. The molecule has 1 rings (SSSR count). The van der Waals surface area contributed by atoms with Gasteiger partial charge in [-0.25, -0.2) is 0 Å². The maximum absolute atomic E-state index is 7.11. The monoisotopic (exact) mass is 568 g/mol. The fourth-order valence-corrected chi connectivity index (χ4v) is 5.91. The van der Waals surface area contributed by atoms with Crippen LogP contribution >= 0.6 is 0 Å². The third-order valence-electron chi connectivity index (χ3n) is 8.27. The van der Waals surface area contributed by atoms with Crippen molar-refractivity contribution in [1.29, 1.82) is 0 Å². The molecule has 0 spiro atoms. The van der Waals surface area contributed by atoms with E-state index in [0.717, 1.165) is 48.3 Å². The fraction of sp³-hybridized carbons (Fsp3) is 0.588. The summed E-state index contributed by atoms with van der Waals surface area (Å²) in [6, 6.07) is 4.36. The molecule has 0 radical (unpaired) electrons. The van der Waals surface area contributed by atoms with Gasteiger partial charge in [0.25, 0.3) is 0 Å². The molecule has 39 heavy (non-hydrogen) atoms. The molecule has 1 aromatic carbocycles. The summed E-state index contributed by atoms with van der Waals surface area (Å²) in [4.78, 5) is 0. The van der Waals surface area contributed by atoms with E-state index in [1.165, 1.54) is 11.1 Å². The van der Waals surface area contributed by atoms with Crippen LogP contribution in [0.25, 0.3) is 0 Å². The van der Waals surface area contributed by atoms with Crippen molar-refractivity contribution in [3.05, 3.63) is 59.2 Å². The normalized spacial score (nSPS) is 14.6. The van der Waals surface area contributed by atoms with Gasteiger partial charge in [-0.15, -0.1) is 18.9 Å². The number of hydrogen-bond acceptors (Lipinski definition) is 3. The Balaban J connectivity index is 3.91. The van der Waals surface area contributed by atoms with Crippen molar-refractivity contribution >= 4 is 16.6 Å². The molecule has 0 aliphatic heterocycles. The molecular weight excluding hydrogens is 513 g/mol. The summed E-state index contributed by atoms with van der Waals surface area (Å²) < 4.78 is 20.2. The second-order valence-corrected chi connectivity index (χ2v) is 23.3. The van der Waals surface area contributed by atoms with Gasteiger partial charge in [-0.05, 0) is 81.5 Å². The minimum absolute atomic E-state index is 0.0553. The van der Waals surface area contributed by atoms with E-state index in [-0.39, 0.29) is 16.2 Å². The molecule has 0 aliphatic rings. The summed E-state index contributed by atoms with van der Waals surface area (Å²) in [5.41, 5.74) is 4.64. The van der Waals surface area contributed by atoms with Gasteiger partial charge >= 0.3 is 0 Å². The summed E-state index contributed by atoms with van der Waals surface area (Å²) in [6.07, 6.45) is 14.9. The number of terminal acetylenes is 1. The van der Waals surface area contributed by atoms with Crippen molar-refractivity contribution in [2.75, 3.05) is 7.11 Å². The molecule has 0 N–H and O–H groups in total. The summed E-state index contributed by atoms with van der Waals surface area (Å²) in [5, 5.41) is 0.121. The van der Waals surface area contributed by atoms with E-state index in [4.69, 9.17) is 20.0 Å². The number of methoxy groups -OCH3 is 1. The second-order valence-electron chi connectivity index (χ2n) is 13.8. The molecule has 0 aliphatic carbocycles. The van der Waals surface area contributed by atoms with Crippen LogP contribution in [0.2, 0.25) is 36.3 Å². The molecule has 1 unspecified atom stereocenters. The molecule has 1 aromatic rings. The van der Waals surface area contributed by atoms with Crippen LogP contribution in [0, 0.1) is 12.3 Å². The van der Waals surface area contributed by atoms with E-state index >= 15 is 0 Å². The van der Waals surface area contributed by atoms with Crippen molar-refractivity contribution in [3.8, 4) is 23.8 Å². The minimum Gasteiger partial charge on any atom is -0.543 e. The predicted molar refractivity (Wildman–Crippen MR) is 176 cm³/mol. The van der Waals surface area contributed by atoms with E-state index in [0.29, 0.717) is 0 Å². The summed E-state index contributed by atoms with van der Waals surface area (Å²) >= 11 is 0. The zero-order valence-electron chi connectivity index (χ0n) is 27.3. The zero-order chi connectivity index (χ0) is 30.2. The Morgan fingerprint density at radius 1 is 0.974 bits per heavy atom. The van der Waals surface area contributed by atoms with Crippen LogP contribution in [0.15, 0.2) is 48.1 Å². The second kappa shape index (κ2) is 14.1. The first-order valence-electron chi connectivity index (χ1n) is 14.2. The Bertz CT molecular complexity index is 1070. The van der Waals surface area contributed by atoms with Gasteiger partial charge in [-0.2, -0.15) is 0 Å². The molecule has 218 valence electrons. The van der Waals surface area contributed by atoms with Crippen molar-refractivity contribution in [1.82, 2.24) is 0 Å². The molecule has 0 saturated carbocycles. The van der Waals surface area contributed by atoms with Gasteiger partial charge in [0.1, 0.15) is 11.5 Å².